The van der Waals surface area contributed by atoms with Gasteiger partial charge in [0.05, 0.1) is 20.3 Å². The van der Waals surface area contributed by atoms with Gasteiger partial charge in [-0.3, -0.25) is 9.69 Å². The van der Waals surface area contributed by atoms with Crippen LogP contribution in [0, 0.1) is 0 Å². The summed E-state index contributed by atoms with van der Waals surface area (Å²) in [5.74, 6) is 1.66. The molecule has 1 saturated heterocycles. The maximum Gasteiger partial charge on any atom is 0.237 e. The van der Waals surface area contributed by atoms with E-state index in [9.17, 15) is 4.79 Å². The molecule has 1 aliphatic heterocycles. The molecule has 1 atom stereocenters. The van der Waals surface area contributed by atoms with Gasteiger partial charge in [-0.25, -0.2) is 4.98 Å². The molecule has 3 rings (SSSR count). The summed E-state index contributed by atoms with van der Waals surface area (Å²) in [5.41, 5.74) is 0.837. The van der Waals surface area contributed by atoms with Crippen LogP contribution in [0.4, 0.5) is 5.13 Å². The second kappa shape index (κ2) is 8.31. The molecular formula is C19H28N4O3S. The van der Waals surface area contributed by atoms with Crippen LogP contribution in [0.25, 0.3) is 10.2 Å². The molecular weight excluding hydrogens is 364 g/mol. The number of methoxy groups -OCH3 is 2. The number of rotatable bonds is 6. The highest BCUT2D eigenvalue weighted by atomic mass is 32.1. The van der Waals surface area contributed by atoms with Gasteiger partial charge in [-0.15, -0.1) is 0 Å². The summed E-state index contributed by atoms with van der Waals surface area (Å²) in [6.07, 6.45) is 0. The normalized spacial score (nSPS) is 16.6. The van der Waals surface area contributed by atoms with Gasteiger partial charge in [0, 0.05) is 32.2 Å². The molecule has 1 fully saturated rings. The SMILES string of the molecule is COc1ccc(OC)c2sc(N3CCN(C(C)C(=O)NC(C)C)CC3)nc12. The van der Waals surface area contributed by atoms with Crippen LogP contribution in [-0.2, 0) is 4.79 Å². The van der Waals surface area contributed by atoms with Crippen molar-refractivity contribution in [1.29, 1.82) is 0 Å². The Hall–Kier alpha value is -2.06. The van der Waals surface area contributed by atoms with Crippen LogP contribution in [0.2, 0.25) is 0 Å². The molecule has 1 N–H and O–H groups in total. The third-order valence-corrected chi connectivity index (χ3v) is 5.97. The van der Waals surface area contributed by atoms with Gasteiger partial charge in [0.1, 0.15) is 21.7 Å². The number of hydrogen-bond acceptors (Lipinski definition) is 7. The average molecular weight is 393 g/mol. The van der Waals surface area contributed by atoms with Crippen molar-refractivity contribution in [2.24, 2.45) is 0 Å². The molecule has 1 amide bonds. The lowest BCUT2D eigenvalue weighted by atomic mass is 10.2. The standard InChI is InChI=1S/C19H28N4O3S/c1-12(2)20-18(24)13(3)22-8-10-23(11-9-22)19-21-16-14(25-4)6-7-15(26-5)17(16)27-19/h6-7,12-13H,8-11H2,1-5H3,(H,20,24). The third kappa shape index (κ3) is 4.11. The molecule has 0 aliphatic carbocycles. The molecule has 2 aromatic rings. The highest BCUT2D eigenvalue weighted by molar-refractivity contribution is 7.22. The molecule has 1 aromatic carbocycles. The van der Waals surface area contributed by atoms with Gasteiger partial charge in [-0.2, -0.15) is 0 Å². The highest BCUT2D eigenvalue weighted by Gasteiger charge is 2.27. The molecule has 2 heterocycles. The number of ether oxygens (including phenoxy) is 2. The number of amides is 1. The summed E-state index contributed by atoms with van der Waals surface area (Å²) in [6.45, 7) is 9.28. The van der Waals surface area contributed by atoms with Crippen molar-refractivity contribution in [3.8, 4) is 11.5 Å². The Morgan fingerprint density at radius 2 is 1.74 bits per heavy atom. The molecule has 27 heavy (non-hydrogen) atoms. The number of nitrogens with one attached hydrogen (secondary N) is 1. The molecule has 1 aliphatic rings. The number of hydrogen-bond donors (Lipinski definition) is 1. The molecule has 148 valence electrons. The lowest BCUT2D eigenvalue weighted by Crippen LogP contribution is -2.54. The van der Waals surface area contributed by atoms with Gasteiger partial charge in [-0.1, -0.05) is 11.3 Å². The summed E-state index contributed by atoms with van der Waals surface area (Å²) >= 11 is 1.62. The number of aromatic nitrogens is 1. The van der Waals surface area contributed by atoms with E-state index in [0.29, 0.717) is 0 Å². The van der Waals surface area contributed by atoms with E-state index in [1.807, 2.05) is 32.9 Å². The first-order valence-corrected chi connectivity index (χ1v) is 10.1. The summed E-state index contributed by atoms with van der Waals surface area (Å²) in [7, 11) is 3.33. The minimum Gasteiger partial charge on any atom is -0.495 e. The van der Waals surface area contributed by atoms with Crippen LogP contribution in [0.15, 0.2) is 12.1 Å². The largest absolute Gasteiger partial charge is 0.495 e. The Labute approximate surface area is 164 Å². The quantitative estimate of drug-likeness (QED) is 0.814. The maximum absolute atomic E-state index is 12.3. The Balaban J connectivity index is 1.72. The predicted molar refractivity (Wildman–Crippen MR) is 109 cm³/mol. The van der Waals surface area contributed by atoms with Crippen LogP contribution >= 0.6 is 11.3 Å². The van der Waals surface area contributed by atoms with Gasteiger partial charge in [0.25, 0.3) is 0 Å². The van der Waals surface area contributed by atoms with Crippen LogP contribution in [0.3, 0.4) is 0 Å². The number of fused-ring (bicyclic) bond motifs is 1. The summed E-state index contributed by atoms with van der Waals surface area (Å²) in [4.78, 5) is 21.6. The second-order valence-electron chi connectivity index (χ2n) is 7.01. The fourth-order valence-electron chi connectivity index (χ4n) is 3.28. The summed E-state index contributed by atoms with van der Waals surface area (Å²) in [6, 6.07) is 3.84. The first kappa shape index (κ1) is 19.7. The minimum atomic E-state index is -0.120. The topological polar surface area (TPSA) is 66.9 Å². The molecule has 1 aromatic heterocycles. The van der Waals surface area contributed by atoms with E-state index in [-0.39, 0.29) is 18.0 Å². The monoisotopic (exact) mass is 392 g/mol. The van der Waals surface area contributed by atoms with Gasteiger partial charge < -0.3 is 19.7 Å². The number of carbonyl (C=O) groups is 1. The van der Waals surface area contributed by atoms with E-state index in [1.54, 1.807) is 25.6 Å². The van der Waals surface area contributed by atoms with Crippen molar-refractivity contribution >= 4 is 32.6 Å². The van der Waals surface area contributed by atoms with Crippen LogP contribution in [0.5, 0.6) is 11.5 Å². The summed E-state index contributed by atoms with van der Waals surface area (Å²) < 4.78 is 11.9. The van der Waals surface area contributed by atoms with Crippen LogP contribution < -0.4 is 19.7 Å². The zero-order chi connectivity index (χ0) is 19.6. The molecule has 7 nitrogen and oxygen atoms in total. The third-order valence-electron chi connectivity index (χ3n) is 4.84. The van der Waals surface area contributed by atoms with Crippen molar-refractivity contribution in [3.05, 3.63) is 12.1 Å². The fourth-order valence-corrected chi connectivity index (χ4v) is 4.41. The van der Waals surface area contributed by atoms with Gasteiger partial charge in [0.15, 0.2) is 5.13 Å². The number of benzene rings is 1. The number of carbonyl (C=O) groups excluding carboxylic acids is 1. The van der Waals surface area contributed by atoms with E-state index in [0.717, 1.165) is 53.0 Å². The number of anilines is 1. The number of piperazine rings is 1. The van der Waals surface area contributed by atoms with Gasteiger partial charge in [0.2, 0.25) is 5.91 Å². The van der Waals surface area contributed by atoms with Crippen molar-refractivity contribution in [3.63, 3.8) is 0 Å². The van der Waals surface area contributed by atoms with E-state index in [2.05, 4.69) is 15.1 Å². The number of nitrogens with zero attached hydrogens (tertiary/aromatic N) is 3. The first-order valence-electron chi connectivity index (χ1n) is 9.25. The predicted octanol–water partition coefficient (Wildman–Crippen LogP) is 2.35. The average Bonchev–Trinajstić information content (AvgIpc) is 3.11. The second-order valence-corrected chi connectivity index (χ2v) is 7.98. The van der Waals surface area contributed by atoms with Crippen LogP contribution in [0.1, 0.15) is 20.8 Å². The first-order chi connectivity index (χ1) is 12.9. The Morgan fingerprint density at radius 1 is 1.11 bits per heavy atom. The van der Waals surface area contributed by atoms with Crippen molar-refractivity contribution in [2.75, 3.05) is 45.3 Å². The minimum absolute atomic E-state index is 0.0907. The molecule has 0 radical (unpaired) electrons. The van der Waals surface area contributed by atoms with E-state index in [4.69, 9.17) is 14.5 Å². The molecule has 0 bridgehead atoms. The number of thiazole rings is 1. The fraction of sp³-hybridized carbons (Fsp3) is 0.579. The lowest BCUT2D eigenvalue weighted by Gasteiger charge is -2.37. The molecule has 0 saturated carbocycles. The van der Waals surface area contributed by atoms with E-state index in [1.165, 1.54) is 0 Å². The van der Waals surface area contributed by atoms with Gasteiger partial charge >= 0.3 is 0 Å². The van der Waals surface area contributed by atoms with Crippen molar-refractivity contribution in [2.45, 2.75) is 32.9 Å². The molecule has 1 unspecified atom stereocenters. The van der Waals surface area contributed by atoms with E-state index >= 15 is 0 Å². The Morgan fingerprint density at radius 3 is 2.33 bits per heavy atom. The molecule has 8 heteroatoms. The summed E-state index contributed by atoms with van der Waals surface area (Å²) in [5, 5.41) is 3.96. The smallest absolute Gasteiger partial charge is 0.237 e. The zero-order valence-electron chi connectivity index (χ0n) is 16.6. The lowest BCUT2D eigenvalue weighted by molar-refractivity contribution is -0.126. The maximum atomic E-state index is 12.3. The van der Waals surface area contributed by atoms with Gasteiger partial charge in [-0.05, 0) is 32.9 Å². The Bertz CT molecular complexity index is 759. The highest BCUT2D eigenvalue weighted by Crippen LogP contribution is 2.40. The van der Waals surface area contributed by atoms with E-state index < -0.39 is 0 Å². The Kier molecular flexibility index (Phi) is 6.06. The van der Waals surface area contributed by atoms with Crippen molar-refractivity contribution in [1.82, 2.24) is 15.2 Å². The van der Waals surface area contributed by atoms with Crippen LogP contribution in [-0.4, -0.2) is 68.3 Å². The van der Waals surface area contributed by atoms with Crippen molar-refractivity contribution < 1.29 is 14.3 Å². The zero-order valence-corrected chi connectivity index (χ0v) is 17.4. The molecule has 0 spiro atoms.